The molecule has 0 aliphatic carbocycles. The summed E-state index contributed by atoms with van der Waals surface area (Å²) >= 11 is 0. The van der Waals surface area contributed by atoms with Crippen LogP contribution in [0.25, 0.3) is 0 Å². The van der Waals surface area contributed by atoms with Gasteiger partial charge in [0.2, 0.25) is 0 Å². The van der Waals surface area contributed by atoms with Gasteiger partial charge in [-0.3, -0.25) is 0 Å². The minimum atomic E-state index is 0.756. The van der Waals surface area contributed by atoms with Gasteiger partial charge in [-0.15, -0.1) is 0 Å². The standard InChI is InChI=1S/C13H27N3O/c1-14-17-11-13-4-8-16(9-5-13)10-12-2-6-15-7-3-12/h12-15H,2-11H2,1H3. The summed E-state index contributed by atoms with van der Waals surface area (Å²) in [5.74, 6) is 1.69. The minimum absolute atomic E-state index is 0.756. The Kier molecular flexibility index (Phi) is 5.71. The maximum Gasteiger partial charge on any atom is 0.0711 e. The van der Waals surface area contributed by atoms with Crippen molar-refractivity contribution in [2.75, 3.05) is 46.4 Å². The van der Waals surface area contributed by atoms with Crippen molar-refractivity contribution >= 4 is 0 Å². The van der Waals surface area contributed by atoms with E-state index in [9.17, 15) is 0 Å². The van der Waals surface area contributed by atoms with E-state index in [4.69, 9.17) is 4.84 Å². The Morgan fingerprint density at radius 1 is 1.12 bits per heavy atom. The van der Waals surface area contributed by atoms with E-state index in [1.165, 1.54) is 58.4 Å². The Morgan fingerprint density at radius 2 is 1.82 bits per heavy atom. The number of likely N-dealkylation sites (tertiary alicyclic amines) is 1. The summed E-state index contributed by atoms with van der Waals surface area (Å²) in [6.07, 6.45) is 5.32. The van der Waals surface area contributed by atoms with Crippen LogP contribution in [0.1, 0.15) is 25.7 Å². The van der Waals surface area contributed by atoms with Crippen molar-refractivity contribution in [3.8, 4) is 0 Å². The van der Waals surface area contributed by atoms with E-state index >= 15 is 0 Å². The molecule has 0 atom stereocenters. The SMILES string of the molecule is CNOCC1CCN(CC2CCNCC2)CC1. The van der Waals surface area contributed by atoms with Gasteiger partial charge < -0.3 is 15.1 Å². The van der Waals surface area contributed by atoms with Gasteiger partial charge in [0.1, 0.15) is 0 Å². The molecule has 0 aromatic carbocycles. The number of hydrogen-bond donors (Lipinski definition) is 2. The van der Waals surface area contributed by atoms with Gasteiger partial charge in [0.05, 0.1) is 6.61 Å². The molecular formula is C13H27N3O. The van der Waals surface area contributed by atoms with Gasteiger partial charge >= 0.3 is 0 Å². The molecule has 0 bridgehead atoms. The molecule has 0 radical (unpaired) electrons. The molecule has 2 fully saturated rings. The zero-order chi connectivity index (χ0) is 11.9. The number of hydrogen-bond acceptors (Lipinski definition) is 4. The maximum atomic E-state index is 5.28. The first kappa shape index (κ1) is 13.3. The van der Waals surface area contributed by atoms with Crippen molar-refractivity contribution < 1.29 is 4.84 Å². The molecule has 4 nitrogen and oxygen atoms in total. The summed E-state index contributed by atoms with van der Waals surface area (Å²) in [7, 11) is 1.84. The molecule has 2 rings (SSSR count). The molecule has 2 saturated heterocycles. The van der Waals surface area contributed by atoms with Crippen molar-refractivity contribution in [3.63, 3.8) is 0 Å². The first-order chi connectivity index (χ1) is 8.38. The molecule has 0 unspecified atom stereocenters. The second-order valence-electron chi connectivity index (χ2n) is 5.45. The molecule has 0 saturated carbocycles. The van der Waals surface area contributed by atoms with Crippen molar-refractivity contribution in [1.82, 2.24) is 15.7 Å². The number of piperidine rings is 2. The highest BCUT2D eigenvalue weighted by Gasteiger charge is 2.22. The molecular weight excluding hydrogens is 214 g/mol. The van der Waals surface area contributed by atoms with Crippen LogP contribution in [0.15, 0.2) is 0 Å². The number of nitrogens with one attached hydrogen (secondary N) is 2. The van der Waals surface area contributed by atoms with E-state index in [1.54, 1.807) is 0 Å². The van der Waals surface area contributed by atoms with Crippen molar-refractivity contribution in [1.29, 1.82) is 0 Å². The van der Waals surface area contributed by atoms with E-state index in [0.29, 0.717) is 0 Å². The Hall–Kier alpha value is -0.160. The quantitative estimate of drug-likeness (QED) is 0.700. The van der Waals surface area contributed by atoms with Crippen molar-refractivity contribution in [2.45, 2.75) is 25.7 Å². The van der Waals surface area contributed by atoms with Gasteiger partial charge in [0.25, 0.3) is 0 Å². The van der Waals surface area contributed by atoms with Crippen molar-refractivity contribution in [2.24, 2.45) is 11.8 Å². The summed E-state index contributed by atoms with van der Waals surface area (Å²) < 4.78 is 0. The highest BCUT2D eigenvalue weighted by atomic mass is 16.6. The average Bonchev–Trinajstić information content (AvgIpc) is 2.39. The fourth-order valence-corrected chi connectivity index (χ4v) is 2.97. The predicted octanol–water partition coefficient (Wildman–Crippen LogP) is 0.849. The van der Waals surface area contributed by atoms with E-state index < -0.39 is 0 Å². The Bertz CT molecular complexity index is 199. The molecule has 0 amide bonds. The zero-order valence-corrected chi connectivity index (χ0v) is 11.1. The van der Waals surface area contributed by atoms with Crippen LogP contribution in [0.2, 0.25) is 0 Å². The fraction of sp³-hybridized carbons (Fsp3) is 1.00. The molecule has 2 heterocycles. The van der Waals surface area contributed by atoms with Crippen LogP contribution in [0, 0.1) is 11.8 Å². The lowest BCUT2D eigenvalue weighted by atomic mass is 9.94. The first-order valence-electron chi connectivity index (χ1n) is 7.10. The monoisotopic (exact) mass is 241 g/mol. The van der Waals surface area contributed by atoms with Crippen LogP contribution < -0.4 is 10.8 Å². The third-order valence-electron chi connectivity index (χ3n) is 4.15. The Morgan fingerprint density at radius 3 is 2.47 bits per heavy atom. The largest absolute Gasteiger partial charge is 0.317 e. The molecule has 2 aliphatic heterocycles. The summed E-state index contributed by atoms with van der Waals surface area (Å²) in [5.41, 5.74) is 2.77. The van der Waals surface area contributed by atoms with Crippen molar-refractivity contribution in [3.05, 3.63) is 0 Å². The third-order valence-corrected chi connectivity index (χ3v) is 4.15. The lowest BCUT2D eigenvalue weighted by molar-refractivity contribution is 0.0120. The number of hydroxylamine groups is 1. The average molecular weight is 241 g/mol. The van der Waals surface area contributed by atoms with Gasteiger partial charge in [0, 0.05) is 13.6 Å². The van der Waals surface area contributed by atoms with E-state index in [-0.39, 0.29) is 0 Å². The summed E-state index contributed by atoms with van der Waals surface area (Å²) in [5, 5.41) is 3.44. The van der Waals surface area contributed by atoms with E-state index in [1.807, 2.05) is 7.05 Å². The van der Waals surface area contributed by atoms with Crippen LogP contribution in [0.5, 0.6) is 0 Å². The first-order valence-corrected chi connectivity index (χ1v) is 7.10. The van der Waals surface area contributed by atoms with Crippen LogP contribution >= 0.6 is 0 Å². The smallest absolute Gasteiger partial charge is 0.0711 e. The highest BCUT2D eigenvalue weighted by molar-refractivity contribution is 4.77. The van der Waals surface area contributed by atoms with E-state index in [2.05, 4.69) is 15.7 Å². The normalized spacial score (nSPS) is 25.2. The summed E-state index contributed by atoms with van der Waals surface area (Å²) in [4.78, 5) is 7.94. The predicted molar refractivity (Wildman–Crippen MR) is 69.8 cm³/mol. The molecule has 0 aromatic heterocycles. The number of nitrogens with zero attached hydrogens (tertiary/aromatic N) is 1. The molecule has 2 aliphatic rings. The summed E-state index contributed by atoms with van der Waals surface area (Å²) in [6.45, 7) is 7.16. The minimum Gasteiger partial charge on any atom is -0.317 e. The van der Waals surface area contributed by atoms with Gasteiger partial charge in [-0.25, -0.2) is 5.48 Å². The highest BCUT2D eigenvalue weighted by Crippen LogP contribution is 2.20. The molecule has 2 N–H and O–H groups in total. The molecule has 4 heteroatoms. The maximum absolute atomic E-state index is 5.28. The van der Waals surface area contributed by atoms with Crippen LogP contribution in [0.4, 0.5) is 0 Å². The van der Waals surface area contributed by atoms with Crippen LogP contribution in [-0.4, -0.2) is 51.3 Å². The topological polar surface area (TPSA) is 36.5 Å². The lowest BCUT2D eigenvalue weighted by Gasteiger charge is -2.35. The van der Waals surface area contributed by atoms with Gasteiger partial charge in [-0.05, 0) is 63.7 Å². The lowest BCUT2D eigenvalue weighted by Crippen LogP contribution is -2.41. The fourth-order valence-electron chi connectivity index (χ4n) is 2.97. The molecule has 100 valence electrons. The molecule has 17 heavy (non-hydrogen) atoms. The van der Waals surface area contributed by atoms with Gasteiger partial charge in [0.15, 0.2) is 0 Å². The van der Waals surface area contributed by atoms with E-state index in [0.717, 1.165) is 18.4 Å². The summed E-state index contributed by atoms with van der Waals surface area (Å²) in [6, 6.07) is 0. The van der Waals surface area contributed by atoms with Crippen LogP contribution in [-0.2, 0) is 4.84 Å². The van der Waals surface area contributed by atoms with Gasteiger partial charge in [-0.2, -0.15) is 0 Å². The second-order valence-corrected chi connectivity index (χ2v) is 5.45. The number of rotatable bonds is 5. The molecule has 0 spiro atoms. The van der Waals surface area contributed by atoms with Crippen LogP contribution in [0.3, 0.4) is 0 Å². The molecule has 0 aromatic rings. The third kappa shape index (κ3) is 4.54. The Labute approximate surface area is 105 Å². The zero-order valence-electron chi connectivity index (χ0n) is 11.1. The second kappa shape index (κ2) is 7.31. The van der Waals surface area contributed by atoms with Gasteiger partial charge in [-0.1, -0.05) is 0 Å². The Balaban J connectivity index is 1.61.